The molecule has 0 aliphatic heterocycles. The van der Waals surface area contributed by atoms with Gasteiger partial charge in [0, 0.05) is 6.61 Å². The Kier molecular flexibility index (Phi) is 5.14. The first kappa shape index (κ1) is 14.2. The van der Waals surface area contributed by atoms with Crippen molar-refractivity contribution in [1.29, 1.82) is 0 Å². The van der Waals surface area contributed by atoms with Gasteiger partial charge in [0.05, 0.1) is 12.3 Å². The zero-order chi connectivity index (χ0) is 13.0. The summed E-state index contributed by atoms with van der Waals surface area (Å²) >= 11 is 3.32. The summed E-state index contributed by atoms with van der Waals surface area (Å²) in [5.74, 6) is -0.380. The number of esters is 1. The van der Waals surface area contributed by atoms with E-state index in [1.807, 2.05) is 13.8 Å². The minimum absolute atomic E-state index is 0.269. The van der Waals surface area contributed by atoms with Crippen LogP contribution in [-0.2, 0) is 9.47 Å². The lowest BCUT2D eigenvalue weighted by Crippen LogP contribution is -2.18. The van der Waals surface area contributed by atoms with E-state index in [9.17, 15) is 4.79 Å². The summed E-state index contributed by atoms with van der Waals surface area (Å²) < 4.78 is 12.8. The maximum absolute atomic E-state index is 11.8. The Morgan fingerprint density at radius 3 is 2.65 bits per heavy atom. The van der Waals surface area contributed by atoms with Gasteiger partial charge >= 0.3 is 5.97 Å². The largest absolute Gasteiger partial charge is 0.461 e. The first-order valence-electron chi connectivity index (χ1n) is 5.55. The Bertz CT molecular complexity index is 404. The minimum Gasteiger partial charge on any atom is -0.461 e. The van der Waals surface area contributed by atoms with Crippen molar-refractivity contribution < 1.29 is 14.3 Å². The summed E-state index contributed by atoms with van der Waals surface area (Å²) in [6.07, 6.45) is -0.269. The molecule has 0 amide bonds. The highest BCUT2D eigenvalue weighted by atomic mass is 79.9. The number of rotatable bonds is 5. The van der Waals surface area contributed by atoms with Crippen LogP contribution in [0.4, 0.5) is 0 Å². The van der Waals surface area contributed by atoms with Gasteiger partial charge in [-0.15, -0.1) is 0 Å². The number of nitrogens with zero attached hydrogens (tertiary/aromatic N) is 2. The zero-order valence-corrected chi connectivity index (χ0v) is 12.1. The highest BCUT2D eigenvalue weighted by Gasteiger charge is 2.23. The molecule has 0 aromatic carbocycles. The van der Waals surface area contributed by atoms with E-state index in [1.54, 1.807) is 18.4 Å². The second-order valence-electron chi connectivity index (χ2n) is 3.46. The molecule has 1 atom stereocenters. The van der Waals surface area contributed by atoms with Gasteiger partial charge in [-0.3, -0.25) is 4.57 Å². The summed E-state index contributed by atoms with van der Waals surface area (Å²) in [4.78, 5) is 16.1. The van der Waals surface area contributed by atoms with Crippen molar-refractivity contribution in [3.63, 3.8) is 0 Å². The van der Waals surface area contributed by atoms with Crippen LogP contribution in [-0.4, -0.2) is 28.7 Å². The third-order valence-corrected chi connectivity index (χ3v) is 2.84. The number of aromatic nitrogens is 2. The molecule has 96 valence electrons. The molecule has 0 saturated heterocycles. The third-order valence-electron chi connectivity index (χ3n) is 2.28. The zero-order valence-electron chi connectivity index (χ0n) is 10.5. The van der Waals surface area contributed by atoms with Gasteiger partial charge in [-0.1, -0.05) is 0 Å². The molecule has 17 heavy (non-hydrogen) atoms. The Hall–Kier alpha value is -0.880. The molecule has 6 heteroatoms. The molecule has 1 rings (SSSR count). The SMILES string of the molecule is CCOC(=O)c1c(C)nc(Br)n1C(C)OCC. The summed E-state index contributed by atoms with van der Waals surface area (Å²) in [5, 5.41) is 0. The Labute approximate surface area is 109 Å². The molecule has 0 fully saturated rings. The van der Waals surface area contributed by atoms with E-state index in [0.29, 0.717) is 29.3 Å². The van der Waals surface area contributed by atoms with E-state index in [0.717, 1.165) is 0 Å². The molecule has 0 bridgehead atoms. The van der Waals surface area contributed by atoms with Gasteiger partial charge in [0.1, 0.15) is 6.23 Å². The molecule has 0 N–H and O–H groups in total. The molecule has 0 spiro atoms. The van der Waals surface area contributed by atoms with Gasteiger partial charge in [0.15, 0.2) is 10.4 Å². The third kappa shape index (κ3) is 3.07. The summed E-state index contributed by atoms with van der Waals surface area (Å²) in [5.41, 5.74) is 1.06. The molecule has 1 heterocycles. The number of carbonyl (C=O) groups is 1. The number of aryl methyl sites for hydroxylation is 1. The quantitative estimate of drug-likeness (QED) is 0.785. The number of hydrogen-bond acceptors (Lipinski definition) is 4. The predicted molar refractivity (Wildman–Crippen MR) is 67.0 cm³/mol. The molecule has 0 aliphatic carbocycles. The van der Waals surface area contributed by atoms with Crippen LogP contribution in [0.3, 0.4) is 0 Å². The predicted octanol–water partition coefficient (Wildman–Crippen LogP) is 2.69. The molecule has 0 radical (unpaired) electrons. The molecule has 1 aromatic heterocycles. The van der Waals surface area contributed by atoms with Crippen LogP contribution in [0.25, 0.3) is 0 Å². The molecule has 1 unspecified atom stereocenters. The lowest BCUT2D eigenvalue weighted by atomic mass is 10.3. The Morgan fingerprint density at radius 2 is 2.12 bits per heavy atom. The van der Waals surface area contributed by atoms with Crippen LogP contribution in [0.2, 0.25) is 0 Å². The first-order valence-corrected chi connectivity index (χ1v) is 6.35. The minimum atomic E-state index is -0.380. The molecule has 0 aliphatic rings. The van der Waals surface area contributed by atoms with Gasteiger partial charge in [-0.05, 0) is 43.6 Å². The van der Waals surface area contributed by atoms with E-state index < -0.39 is 0 Å². The van der Waals surface area contributed by atoms with Crippen molar-refractivity contribution in [3.05, 3.63) is 16.1 Å². The van der Waals surface area contributed by atoms with Crippen LogP contribution >= 0.6 is 15.9 Å². The normalized spacial score (nSPS) is 12.5. The van der Waals surface area contributed by atoms with Gasteiger partial charge in [0.2, 0.25) is 0 Å². The molecule has 1 aromatic rings. The maximum Gasteiger partial charge on any atom is 0.357 e. The topological polar surface area (TPSA) is 53.3 Å². The van der Waals surface area contributed by atoms with Gasteiger partial charge in [-0.25, -0.2) is 9.78 Å². The average Bonchev–Trinajstić information content (AvgIpc) is 2.54. The van der Waals surface area contributed by atoms with Crippen LogP contribution < -0.4 is 0 Å². The summed E-state index contributed by atoms with van der Waals surface area (Å²) in [6.45, 7) is 8.20. The van der Waals surface area contributed by atoms with Crippen molar-refractivity contribution >= 4 is 21.9 Å². The second kappa shape index (κ2) is 6.16. The maximum atomic E-state index is 11.8. The lowest BCUT2D eigenvalue weighted by Gasteiger charge is -2.17. The van der Waals surface area contributed by atoms with Crippen LogP contribution in [0, 0.1) is 6.92 Å². The van der Waals surface area contributed by atoms with Gasteiger partial charge < -0.3 is 9.47 Å². The Morgan fingerprint density at radius 1 is 1.47 bits per heavy atom. The van der Waals surface area contributed by atoms with E-state index >= 15 is 0 Å². The summed E-state index contributed by atoms with van der Waals surface area (Å²) in [6, 6.07) is 0. The second-order valence-corrected chi connectivity index (χ2v) is 4.17. The number of ether oxygens (including phenoxy) is 2. The number of hydrogen-bond donors (Lipinski definition) is 0. The molecule has 0 saturated carbocycles. The van der Waals surface area contributed by atoms with Gasteiger partial charge in [-0.2, -0.15) is 0 Å². The van der Waals surface area contributed by atoms with E-state index in [4.69, 9.17) is 9.47 Å². The number of imidazole rings is 1. The average molecular weight is 305 g/mol. The van der Waals surface area contributed by atoms with Crippen molar-refractivity contribution in [1.82, 2.24) is 9.55 Å². The standard InChI is InChI=1S/C11H17BrN2O3/c1-5-16-8(4)14-9(10(15)17-6-2)7(3)13-11(14)12/h8H,5-6H2,1-4H3. The van der Waals surface area contributed by atoms with E-state index in [-0.39, 0.29) is 12.2 Å². The van der Waals surface area contributed by atoms with E-state index in [1.165, 1.54) is 0 Å². The van der Waals surface area contributed by atoms with Crippen molar-refractivity contribution in [2.45, 2.75) is 33.9 Å². The van der Waals surface area contributed by atoms with Gasteiger partial charge in [0.25, 0.3) is 0 Å². The number of halogens is 1. The fourth-order valence-electron chi connectivity index (χ4n) is 1.60. The van der Waals surface area contributed by atoms with Crippen molar-refractivity contribution in [2.24, 2.45) is 0 Å². The number of carbonyl (C=O) groups excluding carboxylic acids is 1. The monoisotopic (exact) mass is 304 g/mol. The molecule has 5 nitrogen and oxygen atoms in total. The van der Waals surface area contributed by atoms with Crippen LogP contribution in [0.5, 0.6) is 0 Å². The molecular formula is C11H17BrN2O3. The fourth-order valence-corrected chi connectivity index (χ4v) is 2.34. The highest BCUT2D eigenvalue weighted by molar-refractivity contribution is 9.10. The smallest absolute Gasteiger partial charge is 0.357 e. The fraction of sp³-hybridized carbons (Fsp3) is 0.636. The highest BCUT2D eigenvalue weighted by Crippen LogP contribution is 2.23. The van der Waals surface area contributed by atoms with E-state index in [2.05, 4.69) is 20.9 Å². The van der Waals surface area contributed by atoms with Crippen molar-refractivity contribution in [3.8, 4) is 0 Å². The summed E-state index contributed by atoms with van der Waals surface area (Å²) in [7, 11) is 0. The molecular weight excluding hydrogens is 288 g/mol. The lowest BCUT2D eigenvalue weighted by molar-refractivity contribution is 0.0170. The van der Waals surface area contributed by atoms with Crippen LogP contribution in [0.15, 0.2) is 4.73 Å². The van der Waals surface area contributed by atoms with Crippen molar-refractivity contribution in [2.75, 3.05) is 13.2 Å². The Balaban J connectivity index is 3.14. The van der Waals surface area contributed by atoms with Crippen LogP contribution in [0.1, 0.15) is 43.2 Å². The first-order chi connectivity index (χ1) is 8.02.